The Morgan fingerprint density at radius 2 is 1.40 bits per heavy atom. The molecule has 5 heterocycles. The van der Waals surface area contributed by atoms with Gasteiger partial charge in [-0.3, -0.25) is 19.2 Å². The molecule has 9 rings (SSSR count). The lowest BCUT2D eigenvalue weighted by atomic mass is 9.82. The Balaban J connectivity index is 1.19. The Morgan fingerprint density at radius 3 is 2.10 bits per heavy atom. The number of benzene rings is 4. The first-order valence-electron chi connectivity index (χ1n) is 24.8. The first kappa shape index (κ1) is 49.5. The highest BCUT2D eigenvalue weighted by atomic mass is 19.1. The molecule has 18 nitrogen and oxygen atoms in total. The van der Waals surface area contributed by atoms with Crippen molar-refractivity contribution in [3.8, 4) is 23.0 Å². The number of anilines is 3. The quantitative estimate of drug-likeness (QED) is 0.0196. The number of azide groups is 1. The molecule has 0 aliphatic carbocycles. The van der Waals surface area contributed by atoms with Crippen LogP contribution in [0.3, 0.4) is 0 Å². The van der Waals surface area contributed by atoms with Gasteiger partial charge in [-0.25, -0.2) is 8.97 Å². The molecule has 19 heteroatoms. The summed E-state index contributed by atoms with van der Waals surface area (Å²) in [5.74, 6) is -4.25. The molecular weight excluding hydrogens is 930 g/mol. The largest absolute Gasteiger partial charge is 0.488 e. The molecule has 2 atom stereocenters. The van der Waals surface area contributed by atoms with Crippen LogP contribution in [0.25, 0.3) is 16.0 Å². The molecule has 0 bridgehead atoms. The number of carboxylic acids is 4. The number of aliphatic carboxylic acids is 4. The normalized spacial score (nSPS) is 15.8. The average molecular weight is 989 g/mol. The second kappa shape index (κ2) is 21.4. The highest BCUT2D eigenvalue weighted by molar-refractivity contribution is 5.91. The van der Waals surface area contributed by atoms with E-state index in [1.54, 1.807) is 13.0 Å². The summed E-state index contributed by atoms with van der Waals surface area (Å²) in [5.41, 5.74) is 17.9. The van der Waals surface area contributed by atoms with E-state index in [-0.39, 0.29) is 41.9 Å². The summed E-state index contributed by atoms with van der Waals surface area (Å²) in [6.45, 7) is 2.65. The number of unbranched alkanes of at least 4 members (excludes halogenated alkanes) is 1. The topological polar surface area (TPSA) is 238 Å². The van der Waals surface area contributed by atoms with Crippen molar-refractivity contribution in [1.29, 1.82) is 0 Å². The van der Waals surface area contributed by atoms with Gasteiger partial charge in [0.1, 0.15) is 80.8 Å². The van der Waals surface area contributed by atoms with E-state index in [1.807, 2.05) is 12.1 Å². The molecule has 2 unspecified atom stereocenters. The van der Waals surface area contributed by atoms with Gasteiger partial charge in [-0.1, -0.05) is 24.5 Å². The fourth-order valence-corrected chi connectivity index (χ4v) is 11.3. The van der Waals surface area contributed by atoms with Crippen LogP contribution in [-0.4, -0.2) is 115 Å². The third-order valence-corrected chi connectivity index (χ3v) is 14.2. The summed E-state index contributed by atoms with van der Waals surface area (Å²) in [7, 11) is 0. The molecule has 0 radical (unpaired) electrons. The van der Waals surface area contributed by atoms with Gasteiger partial charge in [-0.2, -0.15) is 0 Å². The Morgan fingerprint density at radius 1 is 0.778 bits per heavy atom. The number of ether oxygens (including phenoxy) is 3. The lowest BCUT2D eigenvalue weighted by molar-refractivity contribution is -0.138. The minimum absolute atomic E-state index is 0.0156. The first-order chi connectivity index (χ1) is 34.8. The van der Waals surface area contributed by atoms with Crippen LogP contribution in [-0.2, 0) is 44.9 Å². The highest BCUT2D eigenvalue weighted by Gasteiger charge is 2.36. The van der Waals surface area contributed by atoms with E-state index >= 15 is 4.39 Å². The molecular formula is C53H59FN7O11+. The minimum atomic E-state index is -1.32. The molecule has 4 aromatic carbocycles. The van der Waals surface area contributed by atoms with E-state index in [4.69, 9.17) is 19.7 Å². The molecule has 0 saturated heterocycles. The van der Waals surface area contributed by atoms with E-state index in [9.17, 15) is 39.6 Å². The van der Waals surface area contributed by atoms with Gasteiger partial charge in [0.25, 0.3) is 0 Å². The number of carbonyl (C=O) groups is 4. The lowest BCUT2D eigenvalue weighted by Gasteiger charge is -2.39. The summed E-state index contributed by atoms with van der Waals surface area (Å²) in [5, 5.41) is 45.6. The summed E-state index contributed by atoms with van der Waals surface area (Å²) < 4.78 is 38.1. The van der Waals surface area contributed by atoms with Crippen molar-refractivity contribution in [2.45, 2.75) is 96.1 Å². The van der Waals surface area contributed by atoms with Crippen molar-refractivity contribution in [2.24, 2.45) is 5.11 Å². The summed E-state index contributed by atoms with van der Waals surface area (Å²) in [6.07, 6.45) is 8.51. The summed E-state index contributed by atoms with van der Waals surface area (Å²) >= 11 is 0. The van der Waals surface area contributed by atoms with Crippen molar-refractivity contribution < 1.29 is 58.2 Å². The van der Waals surface area contributed by atoms with Gasteiger partial charge < -0.3 is 49.3 Å². The molecule has 378 valence electrons. The Kier molecular flexibility index (Phi) is 14.7. The van der Waals surface area contributed by atoms with Crippen LogP contribution in [0.2, 0.25) is 0 Å². The average Bonchev–Trinajstić information content (AvgIpc) is 3.33. The molecule has 0 aromatic heterocycles. The number of carboxylic acid groups (broad SMARTS) is 4. The predicted molar refractivity (Wildman–Crippen MR) is 265 cm³/mol. The van der Waals surface area contributed by atoms with Crippen molar-refractivity contribution in [1.82, 2.24) is 4.58 Å². The molecule has 0 spiro atoms. The van der Waals surface area contributed by atoms with Gasteiger partial charge in [0.15, 0.2) is 0 Å². The van der Waals surface area contributed by atoms with Crippen LogP contribution in [0.15, 0.2) is 53.6 Å². The maximum Gasteiger partial charge on any atom is 0.323 e. The predicted octanol–water partition coefficient (Wildman–Crippen LogP) is 6.30. The zero-order valence-corrected chi connectivity index (χ0v) is 40.3. The van der Waals surface area contributed by atoms with Crippen LogP contribution in [0.1, 0.15) is 91.7 Å². The van der Waals surface area contributed by atoms with E-state index < -0.39 is 62.0 Å². The molecule has 72 heavy (non-hydrogen) atoms. The molecule has 5 aliphatic heterocycles. The molecule has 0 saturated carbocycles. The molecule has 4 N–H and O–H groups in total. The van der Waals surface area contributed by atoms with Gasteiger partial charge >= 0.3 is 23.9 Å². The van der Waals surface area contributed by atoms with Gasteiger partial charge in [0, 0.05) is 76.1 Å². The first-order valence-corrected chi connectivity index (χ1v) is 24.8. The summed E-state index contributed by atoms with van der Waals surface area (Å²) in [4.78, 5) is 56.2. The highest BCUT2D eigenvalue weighted by Crippen LogP contribution is 2.49. The van der Waals surface area contributed by atoms with Gasteiger partial charge in [0.2, 0.25) is 5.36 Å². The van der Waals surface area contributed by atoms with E-state index in [0.717, 1.165) is 128 Å². The number of hydrogen-bond acceptors (Lipinski definition) is 11. The number of halogens is 1. The van der Waals surface area contributed by atoms with Crippen LogP contribution in [0.4, 0.5) is 21.5 Å². The third-order valence-electron chi connectivity index (χ3n) is 14.2. The number of hydrogen-bond donors (Lipinski definition) is 4. The van der Waals surface area contributed by atoms with Crippen LogP contribution in [0.5, 0.6) is 23.0 Å². The van der Waals surface area contributed by atoms with Crippen LogP contribution >= 0.6 is 0 Å². The Hall–Kier alpha value is -7.53. The van der Waals surface area contributed by atoms with Gasteiger partial charge in [0.05, 0.1) is 16.9 Å². The van der Waals surface area contributed by atoms with Gasteiger partial charge in [-0.15, -0.1) is 0 Å². The number of fused-ring (bicyclic) bond motifs is 4. The zero-order valence-electron chi connectivity index (χ0n) is 40.3. The number of rotatable bonds is 22. The minimum Gasteiger partial charge on any atom is -0.488 e. The number of nitrogens with zero attached hydrogens (tertiary/aromatic N) is 7. The third kappa shape index (κ3) is 10.6. The van der Waals surface area contributed by atoms with E-state index in [2.05, 4.69) is 31.6 Å². The number of aryl methyl sites for hydroxylation is 2. The monoisotopic (exact) mass is 988 g/mol. The van der Waals surface area contributed by atoms with E-state index in [1.165, 1.54) is 44.3 Å². The smallest absolute Gasteiger partial charge is 0.323 e. The van der Waals surface area contributed by atoms with Crippen molar-refractivity contribution >= 4 is 46.5 Å². The van der Waals surface area contributed by atoms with Crippen LogP contribution < -0.4 is 44.1 Å². The van der Waals surface area contributed by atoms with Crippen molar-refractivity contribution in [3.05, 3.63) is 109 Å². The fraction of sp³-hybridized carbons (Fsp3) is 0.453. The molecule has 0 fully saturated rings. The van der Waals surface area contributed by atoms with Gasteiger partial charge in [-0.05, 0) is 111 Å². The molecule has 4 aromatic rings. The second-order valence-electron chi connectivity index (χ2n) is 19.3. The maximum absolute atomic E-state index is 15.1. The van der Waals surface area contributed by atoms with E-state index in [0.29, 0.717) is 19.3 Å². The molecule has 0 amide bonds. The maximum atomic E-state index is 15.1. The lowest BCUT2D eigenvalue weighted by Crippen LogP contribution is -2.45. The van der Waals surface area contributed by atoms with Crippen molar-refractivity contribution in [3.63, 3.8) is 0 Å². The Labute approximate surface area is 414 Å². The fourth-order valence-electron chi connectivity index (χ4n) is 11.3. The molecule has 5 aliphatic rings. The summed E-state index contributed by atoms with van der Waals surface area (Å²) in [6, 6.07) is 13.0. The Bertz CT molecular complexity index is 2970. The zero-order chi connectivity index (χ0) is 50.6. The standard InChI is InChI=1S/C53H58FN7O11/c1-31(56-57-55)8-2-3-11-36(71-44-25-35(54)15-17-42(44)61(28-47(66)67)29-48(68)69)30-70-43-24-32(14-16-41(43)60(26-45(62)63)27-46(64)65)49-39-22-33-9-4-18-58-20-6-12-37(50(33)58)52(39)72-53-38-13-7-21-59-19-5-10-34(51(38)59)23-40(49)53/h14-17,22-25,31,36H,2-13,18-21,26-30H2,1H3,(H3-,62,63,64,65,66,67,68,69)/p+1. The van der Waals surface area contributed by atoms with Crippen molar-refractivity contribution in [2.75, 3.05) is 73.7 Å². The SMILES string of the molecule is CC(CCCCC(COc1cc(C2=c3cc4c5c(c3Oc3c2cc2c6c3CCCN6CCC2)CCC[N+]=5CCC4)ccc1N(CC(=O)O)CC(=O)O)Oc1cc(F)ccc1N(CC(=O)O)CC(=O)O)N=[N+]=[N-]. The van der Waals surface area contributed by atoms with Crippen LogP contribution in [0, 0.1) is 5.82 Å². The second-order valence-corrected chi connectivity index (χ2v) is 19.3.